The molecule has 0 aliphatic carbocycles. The normalized spacial score (nSPS) is 17.0. The summed E-state index contributed by atoms with van der Waals surface area (Å²) in [6, 6.07) is 15.6. The Morgan fingerprint density at radius 1 is 1.22 bits per heavy atom. The lowest BCUT2D eigenvalue weighted by molar-refractivity contribution is 0.0975. The minimum absolute atomic E-state index is 0.125. The van der Waals surface area contributed by atoms with Crippen LogP contribution >= 0.6 is 0 Å². The molecule has 5 heteroatoms. The van der Waals surface area contributed by atoms with Crippen molar-refractivity contribution in [3.63, 3.8) is 0 Å². The molecule has 1 unspecified atom stereocenters. The number of carbonyl (C=O) groups is 1. The van der Waals surface area contributed by atoms with Crippen LogP contribution in [0.25, 0.3) is 0 Å². The fourth-order valence-corrected chi connectivity index (χ4v) is 2.98. The lowest BCUT2D eigenvalue weighted by Crippen LogP contribution is -2.36. The first kappa shape index (κ1) is 19.1. The highest BCUT2D eigenvalue weighted by atomic mass is 16.5. The molecule has 1 saturated heterocycles. The van der Waals surface area contributed by atoms with Crippen molar-refractivity contribution in [3.05, 3.63) is 65.2 Å². The molecular weight excluding hydrogens is 338 g/mol. The van der Waals surface area contributed by atoms with Gasteiger partial charge in [-0.25, -0.2) is 4.99 Å². The van der Waals surface area contributed by atoms with Crippen molar-refractivity contribution in [2.75, 3.05) is 18.5 Å². The van der Waals surface area contributed by atoms with Crippen LogP contribution in [-0.4, -0.2) is 31.1 Å². The highest BCUT2D eigenvalue weighted by Crippen LogP contribution is 2.14. The van der Waals surface area contributed by atoms with Crippen LogP contribution < -0.4 is 10.6 Å². The average Bonchev–Trinajstić information content (AvgIpc) is 3.20. The van der Waals surface area contributed by atoms with E-state index in [0.29, 0.717) is 18.1 Å². The van der Waals surface area contributed by atoms with Crippen LogP contribution in [0.1, 0.15) is 41.3 Å². The molecule has 2 aromatic rings. The molecule has 5 nitrogen and oxygen atoms in total. The van der Waals surface area contributed by atoms with E-state index < -0.39 is 0 Å². The number of hydrogen-bond donors (Lipinski definition) is 2. The molecule has 2 aromatic carbocycles. The molecule has 1 aliphatic heterocycles. The number of aliphatic imine (C=N–C) groups is 1. The zero-order valence-electron chi connectivity index (χ0n) is 16.0. The first-order chi connectivity index (χ1) is 13.1. The summed E-state index contributed by atoms with van der Waals surface area (Å²) >= 11 is 0. The van der Waals surface area contributed by atoms with Crippen LogP contribution in [0.15, 0.2) is 53.5 Å². The Balaban J connectivity index is 1.74. The van der Waals surface area contributed by atoms with Gasteiger partial charge in [-0.3, -0.25) is 10.1 Å². The van der Waals surface area contributed by atoms with Gasteiger partial charge in [0.25, 0.3) is 5.91 Å². The van der Waals surface area contributed by atoms with Crippen molar-refractivity contribution in [3.8, 4) is 0 Å². The van der Waals surface area contributed by atoms with E-state index in [1.165, 1.54) is 5.56 Å². The number of benzene rings is 2. The van der Waals surface area contributed by atoms with Gasteiger partial charge in [0, 0.05) is 17.9 Å². The van der Waals surface area contributed by atoms with Crippen molar-refractivity contribution in [2.24, 2.45) is 4.99 Å². The summed E-state index contributed by atoms with van der Waals surface area (Å²) in [5.74, 6) is 0.268. The summed E-state index contributed by atoms with van der Waals surface area (Å²) in [6.07, 6.45) is 3.15. The second-order valence-electron chi connectivity index (χ2n) is 6.82. The van der Waals surface area contributed by atoms with Crippen molar-refractivity contribution < 1.29 is 9.53 Å². The second-order valence-corrected chi connectivity index (χ2v) is 6.82. The molecule has 3 rings (SSSR count). The molecular formula is C22H27N3O2. The topological polar surface area (TPSA) is 62.7 Å². The standard InChI is InChI=1S/C22H27N3O2/c1-3-17-6-4-7-19(14-17)24-22(23-15-20-8-5-13-27-20)25-21(26)18-11-9-16(2)10-12-18/h4,6-7,9-12,14,20H,3,5,8,13,15H2,1-2H3,(H2,23,24,25,26). The molecule has 0 radical (unpaired) electrons. The predicted molar refractivity (Wildman–Crippen MR) is 109 cm³/mol. The van der Waals surface area contributed by atoms with E-state index in [4.69, 9.17) is 4.74 Å². The number of nitrogens with one attached hydrogen (secondary N) is 2. The van der Waals surface area contributed by atoms with E-state index in [-0.39, 0.29) is 12.0 Å². The monoisotopic (exact) mass is 365 g/mol. The first-order valence-electron chi connectivity index (χ1n) is 9.54. The summed E-state index contributed by atoms with van der Waals surface area (Å²) in [7, 11) is 0. The fourth-order valence-electron chi connectivity index (χ4n) is 2.98. The van der Waals surface area contributed by atoms with E-state index >= 15 is 0 Å². The quantitative estimate of drug-likeness (QED) is 0.623. The Bertz CT molecular complexity index is 793. The maximum absolute atomic E-state index is 12.6. The van der Waals surface area contributed by atoms with Crippen molar-refractivity contribution in [1.82, 2.24) is 5.32 Å². The van der Waals surface area contributed by atoms with E-state index in [0.717, 1.165) is 37.1 Å². The van der Waals surface area contributed by atoms with Gasteiger partial charge in [-0.05, 0) is 56.0 Å². The first-order valence-corrected chi connectivity index (χ1v) is 9.54. The number of guanidine groups is 1. The SMILES string of the molecule is CCc1cccc(NC(=NCC2CCCO2)NC(=O)c2ccc(C)cc2)c1. The summed E-state index contributed by atoms with van der Waals surface area (Å²) in [4.78, 5) is 17.2. The van der Waals surface area contributed by atoms with Crippen molar-refractivity contribution in [1.29, 1.82) is 0 Å². The van der Waals surface area contributed by atoms with E-state index in [2.05, 4.69) is 34.7 Å². The Morgan fingerprint density at radius 2 is 2.04 bits per heavy atom. The molecule has 1 heterocycles. The lowest BCUT2D eigenvalue weighted by Gasteiger charge is -2.14. The van der Waals surface area contributed by atoms with Crippen molar-refractivity contribution in [2.45, 2.75) is 39.2 Å². The Morgan fingerprint density at radius 3 is 2.74 bits per heavy atom. The minimum atomic E-state index is -0.180. The van der Waals surface area contributed by atoms with Gasteiger partial charge in [-0.1, -0.05) is 36.8 Å². The van der Waals surface area contributed by atoms with Gasteiger partial charge in [0.15, 0.2) is 0 Å². The molecule has 27 heavy (non-hydrogen) atoms. The summed E-state index contributed by atoms with van der Waals surface area (Å²) in [5, 5.41) is 6.16. The molecule has 1 amide bonds. The lowest BCUT2D eigenvalue weighted by atomic mass is 10.1. The summed E-state index contributed by atoms with van der Waals surface area (Å²) in [6.45, 7) is 5.43. The number of hydrogen-bond acceptors (Lipinski definition) is 3. The zero-order valence-corrected chi connectivity index (χ0v) is 16.0. The smallest absolute Gasteiger partial charge is 0.257 e. The van der Waals surface area contributed by atoms with Gasteiger partial charge in [-0.15, -0.1) is 0 Å². The average molecular weight is 365 g/mol. The number of carbonyl (C=O) groups excluding carboxylic acids is 1. The number of anilines is 1. The number of amides is 1. The summed E-state index contributed by atoms with van der Waals surface area (Å²) < 4.78 is 5.65. The highest BCUT2D eigenvalue weighted by Gasteiger charge is 2.16. The summed E-state index contributed by atoms with van der Waals surface area (Å²) in [5.41, 5.74) is 3.86. The highest BCUT2D eigenvalue weighted by molar-refractivity contribution is 6.10. The maximum Gasteiger partial charge on any atom is 0.257 e. The van der Waals surface area contributed by atoms with Crippen LogP contribution in [0.4, 0.5) is 5.69 Å². The third kappa shape index (κ3) is 5.66. The van der Waals surface area contributed by atoms with Gasteiger partial charge >= 0.3 is 0 Å². The molecule has 0 bridgehead atoms. The van der Waals surface area contributed by atoms with Crippen LogP contribution in [0, 0.1) is 6.92 Å². The van der Waals surface area contributed by atoms with E-state index in [9.17, 15) is 4.79 Å². The predicted octanol–water partition coefficient (Wildman–Crippen LogP) is 3.93. The van der Waals surface area contributed by atoms with Gasteiger partial charge in [0.2, 0.25) is 5.96 Å². The molecule has 1 aliphatic rings. The number of aryl methyl sites for hydroxylation is 2. The molecule has 2 N–H and O–H groups in total. The largest absolute Gasteiger partial charge is 0.376 e. The van der Waals surface area contributed by atoms with Crippen molar-refractivity contribution >= 4 is 17.6 Å². The Labute approximate surface area is 160 Å². The Hall–Kier alpha value is -2.66. The third-order valence-corrected chi connectivity index (χ3v) is 4.62. The molecule has 0 spiro atoms. The second kappa shape index (κ2) is 9.33. The Kier molecular flexibility index (Phi) is 6.60. The number of rotatable bonds is 5. The van der Waals surface area contributed by atoms with Gasteiger partial charge in [-0.2, -0.15) is 0 Å². The molecule has 1 atom stereocenters. The maximum atomic E-state index is 12.6. The molecule has 142 valence electrons. The molecule has 1 fully saturated rings. The molecule has 0 aromatic heterocycles. The third-order valence-electron chi connectivity index (χ3n) is 4.62. The zero-order chi connectivity index (χ0) is 19.1. The van der Waals surface area contributed by atoms with Crippen LogP contribution in [-0.2, 0) is 11.2 Å². The van der Waals surface area contributed by atoms with E-state index in [1.54, 1.807) is 0 Å². The van der Waals surface area contributed by atoms with Gasteiger partial charge in [0.05, 0.1) is 12.6 Å². The van der Waals surface area contributed by atoms with E-state index in [1.807, 2.05) is 43.3 Å². The minimum Gasteiger partial charge on any atom is -0.376 e. The van der Waals surface area contributed by atoms with Gasteiger partial charge < -0.3 is 10.1 Å². The van der Waals surface area contributed by atoms with Crippen LogP contribution in [0.3, 0.4) is 0 Å². The van der Waals surface area contributed by atoms with Crippen LogP contribution in [0.2, 0.25) is 0 Å². The van der Waals surface area contributed by atoms with Crippen LogP contribution in [0.5, 0.6) is 0 Å². The number of nitrogens with zero attached hydrogens (tertiary/aromatic N) is 1. The fraction of sp³-hybridized carbons (Fsp3) is 0.364. The number of ether oxygens (including phenoxy) is 1. The molecule has 0 saturated carbocycles. The van der Waals surface area contributed by atoms with Gasteiger partial charge in [0.1, 0.15) is 0 Å².